The van der Waals surface area contributed by atoms with Crippen LogP contribution < -0.4 is 16.5 Å². The molecule has 5 N–H and O–H groups in total. The molecule has 30 heavy (non-hydrogen) atoms. The van der Waals surface area contributed by atoms with E-state index in [0.717, 1.165) is 0 Å². The molecule has 12 nitrogen and oxygen atoms in total. The number of nitrogens with zero attached hydrogens (tertiary/aromatic N) is 1. The molecule has 2 amide bonds. The van der Waals surface area contributed by atoms with Crippen LogP contribution in [-0.2, 0) is 19.1 Å². The molecular weight excluding hydrogens is 400 g/mol. The van der Waals surface area contributed by atoms with Crippen LogP contribution in [0.4, 0.5) is 10.5 Å². The average molecular weight is 422 g/mol. The summed E-state index contributed by atoms with van der Waals surface area (Å²) >= 11 is 0. The molecule has 1 aliphatic heterocycles. The molecule has 2 rings (SSSR count). The first-order valence-electron chi connectivity index (χ1n) is 8.38. The molecule has 0 aliphatic carbocycles. The van der Waals surface area contributed by atoms with E-state index >= 15 is 0 Å². The third-order valence-corrected chi connectivity index (χ3v) is 4.13. The molecule has 12 heteroatoms. The molecule has 0 atom stereocenters. The molecule has 0 saturated carbocycles. The van der Waals surface area contributed by atoms with Gasteiger partial charge in [-0.3, -0.25) is 15.3 Å². The van der Waals surface area contributed by atoms with Crippen LogP contribution in [0.25, 0.3) is 0 Å². The molecule has 0 fully saturated rings. The number of ether oxygens (including phenoxy) is 2. The summed E-state index contributed by atoms with van der Waals surface area (Å²) in [7, 11) is 2.42. The second-order valence-corrected chi connectivity index (χ2v) is 5.91. The van der Waals surface area contributed by atoms with Crippen LogP contribution in [-0.4, -0.2) is 42.3 Å². The van der Waals surface area contributed by atoms with Crippen LogP contribution in [0.1, 0.15) is 25.3 Å². The number of amides is 2. The SMILES string of the molecule is COC(=O)C1=C(C)NC(C)=C(C(=O)OC)C1c1ccccc1[N+](=O)[O-].NC(=O)NO. The van der Waals surface area contributed by atoms with Crippen LogP contribution in [0.2, 0.25) is 0 Å². The lowest BCUT2D eigenvalue weighted by molar-refractivity contribution is -0.385. The molecule has 0 saturated heterocycles. The third kappa shape index (κ3) is 5.32. The van der Waals surface area contributed by atoms with Gasteiger partial charge in [0.25, 0.3) is 5.69 Å². The maximum absolute atomic E-state index is 12.3. The first-order valence-corrected chi connectivity index (χ1v) is 8.38. The molecule has 1 aliphatic rings. The standard InChI is InChI=1S/C17H18N2O6.CH4N2O2/c1-9-13(16(20)24-3)15(14(10(2)18-9)17(21)25-4)11-7-5-6-8-12(11)19(22)23;2-1(4)3-5/h5-8,15,18H,1-4H3;5H,(H3,2,3,4). The van der Waals surface area contributed by atoms with E-state index in [0.29, 0.717) is 11.4 Å². The highest BCUT2D eigenvalue weighted by atomic mass is 16.6. The van der Waals surface area contributed by atoms with Crippen molar-refractivity contribution in [1.29, 1.82) is 0 Å². The first kappa shape index (κ1) is 24.1. The summed E-state index contributed by atoms with van der Waals surface area (Å²) in [6.45, 7) is 3.29. The van der Waals surface area contributed by atoms with Crippen molar-refractivity contribution in [2.24, 2.45) is 5.73 Å². The van der Waals surface area contributed by atoms with Crippen molar-refractivity contribution in [1.82, 2.24) is 10.8 Å². The number of urea groups is 1. The van der Waals surface area contributed by atoms with Crippen molar-refractivity contribution in [2.45, 2.75) is 19.8 Å². The summed E-state index contributed by atoms with van der Waals surface area (Å²) in [4.78, 5) is 44.8. The smallest absolute Gasteiger partial charge is 0.336 e. The number of carbonyl (C=O) groups is 3. The number of methoxy groups -OCH3 is 2. The van der Waals surface area contributed by atoms with E-state index in [1.54, 1.807) is 19.9 Å². The number of dihydropyridines is 1. The lowest BCUT2D eigenvalue weighted by Crippen LogP contribution is -2.32. The predicted octanol–water partition coefficient (Wildman–Crippen LogP) is 1.22. The van der Waals surface area contributed by atoms with E-state index in [9.17, 15) is 24.5 Å². The van der Waals surface area contributed by atoms with E-state index in [1.807, 2.05) is 0 Å². The Hall–Kier alpha value is -3.93. The number of para-hydroxylation sites is 1. The second kappa shape index (κ2) is 10.6. The minimum absolute atomic E-state index is 0.128. The van der Waals surface area contributed by atoms with Crippen molar-refractivity contribution in [3.05, 3.63) is 62.5 Å². The van der Waals surface area contributed by atoms with Gasteiger partial charge in [0.2, 0.25) is 0 Å². The number of nitrogens with two attached hydrogens (primary N) is 1. The lowest BCUT2D eigenvalue weighted by atomic mass is 9.79. The number of rotatable bonds is 4. The van der Waals surface area contributed by atoms with Crippen molar-refractivity contribution >= 4 is 23.7 Å². The van der Waals surface area contributed by atoms with Crippen LogP contribution in [0.3, 0.4) is 0 Å². The monoisotopic (exact) mass is 422 g/mol. The number of nitro benzene ring substituents is 1. The predicted molar refractivity (Wildman–Crippen MR) is 103 cm³/mol. The zero-order valence-corrected chi connectivity index (χ0v) is 16.7. The fourth-order valence-electron chi connectivity index (χ4n) is 2.96. The number of hydrogen-bond acceptors (Lipinski definition) is 9. The topological polar surface area (TPSA) is 183 Å². The second-order valence-electron chi connectivity index (χ2n) is 5.91. The molecular formula is C18H22N4O8. The highest BCUT2D eigenvalue weighted by molar-refractivity contribution is 6.00. The van der Waals surface area contributed by atoms with Gasteiger partial charge in [-0.2, -0.15) is 0 Å². The largest absolute Gasteiger partial charge is 0.466 e. The van der Waals surface area contributed by atoms with Crippen LogP contribution in [0, 0.1) is 10.1 Å². The zero-order valence-electron chi connectivity index (χ0n) is 16.7. The summed E-state index contributed by atoms with van der Waals surface area (Å²) in [5, 5.41) is 21.8. The number of nitrogens with one attached hydrogen (secondary N) is 2. The number of hydrogen-bond donors (Lipinski definition) is 4. The summed E-state index contributed by atoms with van der Waals surface area (Å²) in [5.41, 5.74) is 6.65. The van der Waals surface area contributed by atoms with Gasteiger partial charge in [-0.25, -0.2) is 19.9 Å². The molecule has 1 aromatic carbocycles. The molecule has 0 unspecified atom stereocenters. The maximum Gasteiger partial charge on any atom is 0.336 e. The molecule has 1 aromatic rings. The van der Waals surface area contributed by atoms with Gasteiger partial charge in [-0.15, -0.1) is 0 Å². The number of benzene rings is 1. The summed E-state index contributed by atoms with van der Waals surface area (Å²) in [6, 6.07) is 5.03. The minimum Gasteiger partial charge on any atom is -0.466 e. The van der Waals surface area contributed by atoms with Crippen molar-refractivity contribution in [3.63, 3.8) is 0 Å². The maximum atomic E-state index is 12.3. The zero-order chi connectivity index (χ0) is 23.0. The van der Waals surface area contributed by atoms with E-state index in [4.69, 9.17) is 14.7 Å². The Morgan fingerprint density at radius 1 is 1.10 bits per heavy atom. The number of primary amides is 1. The number of carbonyl (C=O) groups excluding carboxylic acids is 3. The van der Waals surface area contributed by atoms with Gasteiger partial charge in [0.05, 0.1) is 36.2 Å². The molecule has 0 radical (unpaired) electrons. The number of nitro groups is 1. The van der Waals surface area contributed by atoms with E-state index < -0.39 is 28.8 Å². The molecule has 1 heterocycles. The Morgan fingerprint density at radius 2 is 1.53 bits per heavy atom. The van der Waals surface area contributed by atoms with Gasteiger partial charge in [-0.05, 0) is 13.8 Å². The molecule has 0 spiro atoms. The van der Waals surface area contributed by atoms with Crippen LogP contribution in [0.15, 0.2) is 46.8 Å². The lowest BCUT2D eigenvalue weighted by Gasteiger charge is -2.29. The van der Waals surface area contributed by atoms with Crippen LogP contribution >= 0.6 is 0 Å². The minimum atomic E-state index is -0.970. The Kier molecular flexibility index (Phi) is 8.49. The van der Waals surface area contributed by atoms with Crippen LogP contribution in [0.5, 0.6) is 0 Å². The van der Waals surface area contributed by atoms with Gasteiger partial charge in [0, 0.05) is 23.0 Å². The molecule has 0 aromatic heterocycles. The number of hydroxylamine groups is 1. The quantitative estimate of drug-likeness (QED) is 0.240. The molecule has 162 valence electrons. The highest BCUT2D eigenvalue weighted by Gasteiger charge is 2.40. The fraction of sp³-hybridized carbons (Fsp3) is 0.278. The first-order chi connectivity index (χ1) is 14.1. The third-order valence-electron chi connectivity index (χ3n) is 4.13. The van der Waals surface area contributed by atoms with E-state index in [-0.39, 0.29) is 22.4 Å². The van der Waals surface area contributed by atoms with Gasteiger partial charge in [0.15, 0.2) is 0 Å². The molecule has 0 bridgehead atoms. The Balaban J connectivity index is 0.000000804. The average Bonchev–Trinajstić information content (AvgIpc) is 2.72. The summed E-state index contributed by atoms with van der Waals surface area (Å²) in [5.74, 6) is -2.33. The van der Waals surface area contributed by atoms with Gasteiger partial charge >= 0.3 is 18.0 Å². The van der Waals surface area contributed by atoms with Gasteiger partial charge in [0.1, 0.15) is 0 Å². The van der Waals surface area contributed by atoms with Crippen molar-refractivity contribution < 1.29 is 34.0 Å². The Labute approximate surface area is 171 Å². The van der Waals surface area contributed by atoms with Gasteiger partial charge < -0.3 is 20.5 Å². The summed E-state index contributed by atoms with van der Waals surface area (Å²) < 4.78 is 9.66. The number of esters is 2. The highest BCUT2D eigenvalue weighted by Crippen LogP contribution is 2.42. The summed E-state index contributed by atoms with van der Waals surface area (Å²) in [6.07, 6.45) is 0. The van der Waals surface area contributed by atoms with Gasteiger partial charge in [-0.1, -0.05) is 18.2 Å². The Morgan fingerprint density at radius 3 is 1.90 bits per heavy atom. The van der Waals surface area contributed by atoms with E-state index in [1.165, 1.54) is 37.9 Å². The Bertz CT molecular complexity index is 885. The normalized spacial score (nSPS) is 13.5. The fourth-order valence-corrected chi connectivity index (χ4v) is 2.96. The number of allylic oxidation sites excluding steroid dienone is 2. The van der Waals surface area contributed by atoms with Crippen molar-refractivity contribution in [2.75, 3.05) is 14.2 Å². The van der Waals surface area contributed by atoms with E-state index in [2.05, 4.69) is 11.1 Å². The van der Waals surface area contributed by atoms with Crippen molar-refractivity contribution in [3.8, 4) is 0 Å².